The molecule has 8 nitrogen and oxygen atoms in total. The zero-order chi connectivity index (χ0) is 25.7. The normalized spacial score (nSPS) is 17.8. The maximum absolute atomic E-state index is 12.2. The smallest absolute Gasteiger partial charge is 0.444 e. The number of hydrogen-bond acceptors (Lipinski definition) is 6. The zero-order valence-corrected chi connectivity index (χ0v) is 19.5. The molecule has 1 aliphatic heterocycles. The molecule has 1 amide bonds. The van der Waals surface area contributed by atoms with E-state index in [-0.39, 0.29) is 17.5 Å². The quantitative estimate of drug-likeness (QED) is 0.457. The number of halogens is 3. The third-order valence-electron chi connectivity index (χ3n) is 5.41. The largest absolute Gasteiger partial charge is 0.490 e. The van der Waals surface area contributed by atoms with E-state index < -0.39 is 34.3 Å². The summed E-state index contributed by atoms with van der Waals surface area (Å²) < 4.78 is 71.6. The van der Waals surface area contributed by atoms with Crippen molar-refractivity contribution < 1.29 is 40.5 Å². The molecule has 2 aromatic rings. The van der Waals surface area contributed by atoms with E-state index in [0.717, 1.165) is 18.2 Å². The number of fused-ring (bicyclic) bond motifs is 1. The summed E-state index contributed by atoms with van der Waals surface area (Å²) in [6.07, 6.45) is -4.92. The lowest BCUT2D eigenvalue weighted by atomic mass is 10.0. The van der Waals surface area contributed by atoms with Gasteiger partial charge in [0, 0.05) is 18.0 Å². The van der Waals surface area contributed by atoms with Crippen LogP contribution in [0.2, 0.25) is 0 Å². The highest BCUT2D eigenvalue weighted by Crippen LogP contribution is 2.25. The number of carbonyl (C=O) groups excluding carboxylic acids is 2. The fourth-order valence-corrected chi connectivity index (χ4v) is 4.56. The minimum absolute atomic E-state index is 0.0457. The Kier molecular flexibility index (Phi) is 9.03. The van der Waals surface area contributed by atoms with Gasteiger partial charge < -0.3 is 10.5 Å². The number of hydrogen-bond donors (Lipinski definition) is 2. The van der Waals surface area contributed by atoms with Crippen LogP contribution in [-0.4, -0.2) is 61.2 Å². The number of carbonyl (C=O) groups is 2. The summed E-state index contributed by atoms with van der Waals surface area (Å²) in [5, 5.41) is 1.33. The molecule has 0 radical (unpaired) electrons. The molecule has 34 heavy (non-hydrogen) atoms. The fourth-order valence-electron chi connectivity index (χ4n) is 3.85. The standard InChI is InChI=1S/C12H19F3N2O3.C10H8O3S/c1-7(2)8-4-3-5-17(8)6-9(10(16)18)20-11(19)12(13,14)15;11-14(12,13)10-7-3-5-8-4-1-2-6-9(8)10/h7-9H,3-6H2,1-2H3,(H2,16,18);1-7H,(H,11,12,13)/t8?,9-;/m1./s1. The van der Waals surface area contributed by atoms with Crippen LogP contribution in [0.3, 0.4) is 0 Å². The van der Waals surface area contributed by atoms with Crippen molar-refractivity contribution in [2.24, 2.45) is 11.7 Å². The van der Waals surface area contributed by atoms with Crippen molar-refractivity contribution in [1.82, 2.24) is 4.90 Å². The second kappa shape index (κ2) is 11.2. The van der Waals surface area contributed by atoms with E-state index in [9.17, 15) is 31.2 Å². The highest BCUT2D eigenvalue weighted by molar-refractivity contribution is 7.86. The maximum atomic E-state index is 12.2. The molecule has 0 aliphatic carbocycles. The van der Waals surface area contributed by atoms with Gasteiger partial charge in [-0.2, -0.15) is 21.6 Å². The molecule has 1 saturated heterocycles. The third-order valence-corrected chi connectivity index (χ3v) is 6.32. The number of ether oxygens (including phenoxy) is 1. The molecule has 0 aromatic heterocycles. The fraction of sp³-hybridized carbons (Fsp3) is 0.455. The van der Waals surface area contributed by atoms with Crippen LogP contribution in [0, 0.1) is 5.92 Å². The summed E-state index contributed by atoms with van der Waals surface area (Å²) in [7, 11) is -4.13. The predicted molar refractivity (Wildman–Crippen MR) is 118 cm³/mol. The van der Waals surface area contributed by atoms with Gasteiger partial charge in [-0.3, -0.25) is 14.2 Å². The molecule has 1 unspecified atom stereocenters. The number of amides is 1. The van der Waals surface area contributed by atoms with Gasteiger partial charge in [-0.05, 0) is 36.8 Å². The number of benzene rings is 2. The van der Waals surface area contributed by atoms with Crippen LogP contribution < -0.4 is 5.73 Å². The number of nitrogens with two attached hydrogens (primary N) is 1. The first-order valence-corrected chi connectivity index (χ1v) is 11.9. The molecule has 1 fully saturated rings. The van der Waals surface area contributed by atoms with E-state index in [0.29, 0.717) is 17.8 Å². The van der Waals surface area contributed by atoms with Gasteiger partial charge >= 0.3 is 12.1 Å². The van der Waals surface area contributed by atoms with E-state index in [1.807, 2.05) is 24.8 Å². The average Bonchev–Trinajstić information content (AvgIpc) is 3.20. The van der Waals surface area contributed by atoms with E-state index >= 15 is 0 Å². The van der Waals surface area contributed by atoms with Crippen molar-refractivity contribution in [3.8, 4) is 0 Å². The van der Waals surface area contributed by atoms with Gasteiger partial charge in [0.15, 0.2) is 6.10 Å². The molecule has 3 N–H and O–H groups in total. The Morgan fingerprint density at radius 1 is 1.18 bits per heavy atom. The first-order chi connectivity index (χ1) is 15.7. The van der Waals surface area contributed by atoms with Gasteiger partial charge in [0.2, 0.25) is 0 Å². The van der Waals surface area contributed by atoms with Crippen molar-refractivity contribution in [2.75, 3.05) is 13.1 Å². The van der Waals surface area contributed by atoms with E-state index in [1.165, 1.54) is 6.07 Å². The lowest BCUT2D eigenvalue weighted by Crippen LogP contribution is -2.47. The van der Waals surface area contributed by atoms with Crippen molar-refractivity contribution >= 4 is 32.8 Å². The number of esters is 1. The Morgan fingerprint density at radius 3 is 2.35 bits per heavy atom. The van der Waals surface area contributed by atoms with Gasteiger partial charge in [-0.15, -0.1) is 0 Å². The van der Waals surface area contributed by atoms with E-state index in [1.54, 1.807) is 30.3 Å². The summed E-state index contributed by atoms with van der Waals surface area (Å²) in [6.45, 7) is 4.53. The summed E-state index contributed by atoms with van der Waals surface area (Å²) in [5.41, 5.74) is 5.02. The van der Waals surface area contributed by atoms with Crippen LogP contribution >= 0.6 is 0 Å². The van der Waals surface area contributed by atoms with Gasteiger partial charge in [0.1, 0.15) is 4.90 Å². The second-order valence-electron chi connectivity index (χ2n) is 8.19. The minimum Gasteiger partial charge on any atom is -0.444 e. The van der Waals surface area contributed by atoms with Crippen LogP contribution in [0.15, 0.2) is 47.4 Å². The summed E-state index contributed by atoms with van der Waals surface area (Å²) >= 11 is 0. The molecular weight excluding hydrogens is 477 g/mol. The Morgan fingerprint density at radius 2 is 1.79 bits per heavy atom. The lowest BCUT2D eigenvalue weighted by molar-refractivity contribution is -0.205. The molecule has 188 valence electrons. The van der Waals surface area contributed by atoms with Gasteiger partial charge in [0.05, 0.1) is 0 Å². The molecule has 1 aliphatic rings. The van der Waals surface area contributed by atoms with Gasteiger partial charge in [0.25, 0.3) is 16.0 Å². The highest BCUT2D eigenvalue weighted by Gasteiger charge is 2.44. The monoisotopic (exact) mass is 504 g/mol. The van der Waals surface area contributed by atoms with Crippen molar-refractivity contribution in [2.45, 2.75) is 49.9 Å². The zero-order valence-electron chi connectivity index (χ0n) is 18.7. The first kappa shape index (κ1) is 27.5. The molecular formula is C22H27F3N2O6S. The maximum Gasteiger partial charge on any atom is 0.490 e. The van der Waals surface area contributed by atoms with Crippen molar-refractivity contribution in [3.05, 3.63) is 42.5 Å². The van der Waals surface area contributed by atoms with E-state index in [4.69, 9.17) is 10.3 Å². The second-order valence-corrected chi connectivity index (χ2v) is 9.58. The van der Waals surface area contributed by atoms with Crippen LogP contribution in [0.1, 0.15) is 26.7 Å². The van der Waals surface area contributed by atoms with Crippen LogP contribution in [0.25, 0.3) is 10.8 Å². The average molecular weight is 505 g/mol. The van der Waals surface area contributed by atoms with Crippen LogP contribution in [-0.2, 0) is 24.4 Å². The first-order valence-electron chi connectivity index (χ1n) is 10.5. The van der Waals surface area contributed by atoms with E-state index in [2.05, 4.69) is 4.74 Å². The summed E-state index contributed by atoms with van der Waals surface area (Å²) in [4.78, 5) is 23.8. The minimum atomic E-state index is -5.13. The number of nitrogens with zero attached hydrogens (tertiary/aromatic N) is 1. The Balaban J connectivity index is 0.000000254. The van der Waals surface area contributed by atoms with Crippen LogP contribution in [0.4, 0.5) is 13.2 Å². The molecule has 2 atom stereocenters. The lowest BCUT2D eigenvalue weighted by Gasteiger charge is -2.29. The molecule has 0 spiro atoms. The molecule has 1 heterocycles. The van der Waals surface area contributed by atoms with Gasteiger partial charge in [-0.25, -0.2) is 4.79 Å². The Hall–Kier alpha value is -2.70. The molecule has 12 heteroatoms. The molecule has 0 bridgehead atoms. The third kappa shape index (κ3) is 7.40. The number of likely N-dealkylation sites (tertiary alicyclic amines) is 1. The summed E-state index contributed by atoms with van der Waals surface area (Å²) in [5.74, 6) is -3.16. The number of alkyl halides is 3. The molecule has 0 saturated carbocycles. The van der Waals surface area contributed by atoms with Crippen molar-refractivity contribution in [1.29, 1.82) is 0 Å². The Bertz CT molecular complexity index is 1120. The number of primary amides is 1. The summed E-state index contributed by atoms with van der Waals surface area (Å²) in [6, 6.07) is 11.9. The Labute approximate surface area is 195 Å². The topological polar surface area (TPSA) is 127 Å². The van der Waals surface area contributed by atoms with Crippen molar-refractivity contribution in [3.63, 3.8) is 0 Å². The van der Waals surface area contributed by atoms with Crippen LogP contribution in [0.5, 0.6) is 0 Å². The highest BCUT2D eigenvalue weighted by atomic mass is 32.2. The number of rotatable bonds is 6. The van der Waals surface area contributed by atoms with Gasteiger partial charge in [-0.1, -0.05) is 50.2 Å². The molecule has 2 aromatic carbocycles. The molecule has 3 rings (SSSR count). The predicted octanol–water partition coefficient (Wildman–Crippen LogP) is 3.15. The SMILES string of the molecule is CC(C)C1CCCN1C[C@@H](OC(=O)C(F)(F)F)C(N)=O.O=S(=O)(O)c1cccc2ccccc12.